The summed E-state index contributed by atoms with van der Waals surface area (Å²) in [6, 6.07) is 3.08. The number of carboxylic acid groups (broad SMARTS) is 1. The molecule has 1 unspecified atom stereocenters. The molecule has 2 N–H and O–H groups in total. The van der Waals surface area contributed by atoms with Gasteiger partial charge >= 0.3 is 5.97 Å². The molecule has 0 bridgehead atoms. The minimum Gasteiger partial charge on any atom is -0.486 e. The van der Waals surface area contributed by atoms with Crippen LogP contribution in [0.2, 0.25) is 0 Å². The maximum Gasteiger partial charge on any atom is 0.321 e. The molecular formula is C14H19NO6S. The van der Waals surface area contributed by atoms with E-state index in [9.17, 15) is 13.2 Å². The number of unbranched alkanes of at least 4 members (excludes halogenated alkanes) is 1. The first-order valence-corrected chi connectivity index (χ1v) is 8.57. The summed E-state index contributed by atoms with van der Waals surface area (Å²) in [6.45, 7) is 2.67. The molecule has 0 radical (unpaired) electrons. The largest absolute Gasteiger partial charge is 0.486 e. The lowest BCUT2D eigenvalue weighted by Gasteiger charge is -2.19. The summed E-state index contributed by atoms with van der Waals surface area (Å²) in [5.41, 5.74) is 0. The molecule has 8 heteroatoms. The van der Waals surface area contributed by atoms with Crippen LogP contribution in [0.15, 0.2) is 23.1 Å². The number of carboxylic acids is 1. The van der Waals surface area contributed by atoms with E-state index in [4.69, 9.17) is 14.6 Å². The van der Waals surface area contributed by atoms with Crippen LogP contribution in [0.1, 0.15) is 26.2 Å². The highest BCUT2D eigenvalue weighted by Crippen LogP contribution is 2.32. The van der Waals surface area contributed by atoms with Gasteiger partial charge in [-0.2, -0.15) is 4.72 Å². The topological polar surface area (TPSA) is 102 Å². The number of rotatable bonds is 7. The Balaban J connectivity index is 2.20. The average molecular weight is 329 g/mol. The molecule has 22 heavy (non-hydrogen) atoms. The maximum atomic E-state index is 12.3. The zero-order chi connectivity index (χ0) is 16.2. The molecule has 1 heterocycles. The first-order chi connectivity index (χ1) is 10.4. The molecule has 0 aliphatic carbocycles. The highest BCUT2D eigenvalue weighted by Gasteiger charge is 2.26. The quantitative estimate of drug-likeness (QED) is 0.783. The SMILES string of the molecule is CCCCC(NS(=O)(=O)c1ccc2c(c1)OCCO2)C(=O)O. The first-order valence-electron chi connectivity index (χ1n) is 7.09. The Hall–Kier alpha value is -1.80. The number of fused-ring (bicyclic) bond motifs is 1. The van der Waals surface area contributed by atoms with Gasteiger partial charge in [0.1, 0.15) is 19.3 Å². The summed E-state index contributed by atoms with van der Waals surface area (Å²) in [5, 5.41) is 9.13. The van der Waals surface area contributed by atoms with Crippen molar-refractivity contribution in [3.05, 3.63) is 18.2 Å². The molecule has 7 nitrogen and oxygen atoms in total. The van der Waals surface area contributed by atoms with Crippen molar-refractivity contribution >= 4 is 16.0 Å². The zero-order valence-corrected chi connectivity index (χ0v) is 13.1. The van der Waals surface area contributed by atoms with Crippen LogP contribution in [0.4, 0.5) is 0 Å². The van der Waals surface area contributed by atoms with Gasteiger partial charge < -0.3 is 14.6 Å². The van der Waals surface area contributed by atoms with E-state index in [1.54, 1.807) is 0 Å². The van der Waals surface area contributed by atoms with Gasteiger partial charge in [0, 0.05) is 6.07 Å². The second kappa shape index (κ2) is 6.97. The molecule has 1 aliphatic heterocycles. The molecule has 0 fully saturated rings. The smallest absolute Gasteiger partial charge is 0.321 e. The number of aliphatic carboxylic acids is 1. The predicted molar refractivity (Wildman–Crippen MR) is 78.7 cm³/mol. The summed E-state index contributed by atoms with van der Waals surface area (Å²) < 4.78 is 37.5. The van der Waals surface area contributed by atoms with E-state index >= 15 is 0 Å². The fraction of sp³-hybridized carbons (Fsp3) is 0.500. The monoisotopic (exact) mass is 329 g/mol. The fourth-order valence-corrected chi connectivity index (χ4v) is 3.33. The van der Waals surface area contributed by atoms with Crippen LogP contribution in [-0.4, -0.2) is 38.7 Å². The Morgan fingerprint density at radius 3 is 2.64 bits per heavy atom. The van der Waals surface area contributed by atoms with Crippen molar-refractivity contribution in [3.8, 4) is 11.5 Å². The lowest BCUT2D eigenvalue weighted by atomic mass is 10.1. The highest BCUT2D eigenvalue weighted by atomic mass is 32.2. The minimum atomic E-state index is -3.93. The van der Waals surface area contributed by atoms with Crippen molar-refractivity contribution in [2.45, 2.75) is 37.1 Å². The minimum absolute atomic E-state index is 0.0421. The van der Waals surface area contributed by atoms with Gasteiger partial charge in [-0.25, -0.2) is 8.42 Å². The van der Waals surface area contributed by atoms with Gasteiger partial charge in [-0.15, -0.1) is 0 Å². The molecule has 1 atom stereocenters. The van der Waals surface area contributed by atoms with Crippen LogP contribution in [0, 0.1) is 0 Å². The van der Waals surface area contributed by atoms with Crippen LogP contribution in [0.25, 0.3) is 0 Å². The molecular weight excluding hydrogens is 310 g/mol. The van der Waals surface area contributed by atoms with Gasteiger partial charge in [0.25, 0.3) is 0 Å². The van der Waals surface area contributed by atoms with Crippen molar-refractivity contribution in [1.82, 2.24) is 4.72 Å². The third kappa shape index (κ3) is 3.89. The summed E-state index contributed by atoms with van der Waals surface area (Å²) in [4.78, 5) is 11.1. The molecule has 0 spiro atoms. The summed E-state index contributed by atoms with van der Waals surface area (Å²) in [5.74, 6) is -0.366. The van der Waals surface area contributed by atoms with E-state index < -0.39 is 22.0 Å². The number of hydrogen-bond acceptors (Lipinski definition) is 5. The standard InChI is InChI=1S/C14H19NO6S/c1-2-3-4-11(14(16)17)15-22(18,19)10-5-6-12-13(9-10)21-8-7-20-12/h5-6,9,11,15H,2-4,7-8H2,1H3,(H,16,17). The zero-order valence-electron chi connectivity index (χ0n) is 12.2. The van der Waals surface area contributed by atoms with Crippen LogP contribution >= 0.6 is 0 Å². The van der Waals surface area contributed by atoms with Crippen molar-refractivity contribution in [2.75, 3.05) is 13.2 Å². The van der Waals surface area contributed by atoms with Gasteiger partial charge in [0.05, 0.1) is 4.90 Å². The van der Waals surface area contributed by atoms with Crippen LogP contribution in [0.5, 0.6) is 11.5 Å². The van der Waals surface area contributed by atoms with Crippen molar-refractivity contribution in [1.29, 1.82) is 0 Å². The molecule has 1 aromatic rings. The van der Waals surface area contributed by atoms with Gasteiger partial charge in [0.2, 0.25) is 10.0 Å². The molecule has 0 aromatic heterocycles. The van der Waals surface area contributed by atoms with E-state index in [0.29, 0.717) is 31.1 Å². The Morgan fingerprint density at radius 2 is 2.00 bits per heavy atom. The summed E-state index contributed by atoms with van der Waals surface area (Å²) >= 11 is 0. The Kier molecular flexibility index (Phi) is 5.25. The Labute approximate surface area is 129 Å². The normalized spacial score (nSPS) is 15.3. The van der Waals surface area contributed by atoms with E-state index in [1.807, 2.05) is 6.92 Å². The number of benzene rings is 1. The van der Waals surface area contributed by atoms with Crippen LogP contribution in [-0.2, 0) is 14.8 Å². The molecule has 1 aromatic carbocycles. The second-order valence-electron chi connectivity index (χ2n) is 4.96. The average Bonchev–Trinajstić information content (AvgIpc) is 2.50. The van der Waals surface area contributed by atoms with Crippen LogP contribution < -0.4 is 14.2 Å². The number of hydrogen-bond donors (Lipinski definition) is 2. The van der Waals surface area contributed by atoms with E-state index in [0.717, 1.165) is 6.42 Å². The van der Waals surface area contributed by atoms with Gasteiger partial charge in [0.15, 0.2) is 11.5 Å². The highest BCUT2D eigenvalue weighted by molar-refractivity contribution is 7.89. The number of carbonyl (C=O) groups is 1. The lowest BCUT2D eigenvalue weighted by molar-refractivity contribution is -0.139. The maximum absolute atomic E-state index is 12.3. The lowest BCUT2D eigenvalue weighted by Crippen LogP contribution is -2.40. The van der Waals surface area contributed by atoms with Gasteiger partial charge in [-0.05, 0) is 18.6 Å². The molecule has 1 aliphatic rings. The molecule has 122 valence electrons. The predicted octanol–water partition coefficient (Wildman–Crippen LogP) is 1.38. The van der Waals surface area contributed by atoms with E-state index in [2.05, 4.69) is 4.72 Å². The van der Waals surface area contributed by atoms with E-state index in [-0.39, 0.29) is 11.3 Å². The van der Waals surface area contributed by atoms with Crippen molar-refractivity contribution < 1.29 is 27.8 Å². The number of sulfonamides is 1. The Morgan fingerprint density at radius 1 is 1.32 bits per heavy atom. The summed E-state index contributed by atoms with van der Waals surface area (Å²) in [6.07, 6.45) is 1.66. The number of ether oxygens (including phenoxy) is 2. The third-order valence-corrected chi connectivity index (χ3v) is 4.74. The van der Waals surface area contributed by atoms with Crippen molar-refractivity contribution in [3.63, 3.8) is 0 Å². The molecule has 0 saturated carbocycles. The van der Waals surface area contributed by atoms with Gasteiger partial charge in [-0.3, -0.25) is 4.79 Å². The second-order valence-corrected chi connectivity index (χ2v) is 6.67. The van der Waals surface area contributed by atoms with Crippen molar-refractivity contribution in [2.24, 2.45) is 0 Å². The van der Waals surface area contributed by atoms with Gasteiger partial charge in [-0.1, -0.05) is 19.8 Å². The first kappa shape index (κ1) is 16.6. The van der Waals surface area contributed by atoms with E-state index in [1.165, 1.54) is 18.2 Å². The summed E-state index contributed by atoms with van der Waals surface area (Å²) in [7, 11) is -3.93. The number of nitrogens with one attached hydrogen (secondary N) is 1. The molecule has 0 amide bonds. The fourth-order valence-electron chi connectivity index (χ4n) is 2.09. The molecule has 2 rings (SSSR count). The Bertz CT molecular complexity index is 643. The molecule has 0 saturated heterocycles. The third-order valence-electron chi connectivity index (χ3n) is 3.27. The van der Waals surface area contributed by atoms with Crippen LogP contribution in [0.3, 0.4) is 0 Å².